The van der Waals surface area contributed by atoms with Crippen molar-refractivity contribution in [2.24, 2.45) is 5.92 Å². The molecule has 0 radical (unpaired) electrons. The molecule has 0 saturated carbocycles. The molecule has 0 aliphatic carbocycles. The van der Waals surface area contributed by atoms with Crippen molar-refractivity contribution in [2.75, 3.05) is 11.9 Å². The van der Waals surface area contributed by atoms with Crippen LogP contribution in [0.15, 0.2) is 0 Å². The van der Waals surface area contributed by atoms with Gasteiger partial charge in [-0.3, -0.25) is 9.59 Å². The van der Waals surface area contributed by atoms with E-state index in [2.05, 4.69) is 26.6 Å². The molecule has 1 unspecified atom stereocenters. The van der Waals surface area contributed by atoms with Gasteiger partial charge in [0.25, 0.3) is 0 Å². The number of carbonyl (C=O) groups is 3. The number of alkyl halides is 1. The molecule has 1 atom stereocenters. The van der Waals surface area contributed by atoms with E-state index in [-0.39, 0.29) is 17.7 Å². The predicted molar refractivity (Wildman–Crippen MR) is 78.1 cm³/mol. The summed E-state index contributed by atoms with van der Waals surface area (Å²) in [5, 5.41) is 5.76. The number of hydrogen-bond acceptors (Lipinski definition) is 3. The first-order valence-corrected chi connectivity index (χ1v) is 7.70. The second kappa shape index (κ2) is 11.0. The van der Waals surface area contributed by atoms with Gasteiger partial charge < -0.3 is 15.4 Å². The van der Waals surface area contributed by atoms with Crippen molar-refractivity contribution in [3.8, 4) is 0 Å². The smallest absolute Gasteiger partial charge is 0.230 e. The molecule has 0 aliphatic heterocycles. The molecule has 110 valence electrons. The van der Waals surface area contributed by atoms with Gasteiger partial charge in [0, 0.05) is 13.0 Å². The molecule has 0 bridgehead atoms. The van der Waals surface area contributed by atoms with Crippen molar-refractivity contribution in [3.63, 3.8) is 0 Å². The van der Waals surface area contributed by atoms with Crippen LogP contribution in [0.2, 0.25) is 0 Å². The van der Waals surface area contributed by atoms with Crippen LogP contribution in [0.25, 0.3) is 0 Å². The summed E-state index contributed by atoms with van der Waals surface area (Å²) in [5.74, 6) is -0.000270. The minimum atomic E-state index is -0.397. The average molecular weight is 335 g/mol. The van der Waals surface area contributed by atoms with Gasteiger partial charge in [-0.05, 0) is 18.8 Å². The number of carbonyl (C=O) groups excluding carboxylic acids is 3. The molecule has 19 heavy (non-hydrogen) atoms. The summed E-state index contributed by atoms with van der Waals surface area (Å²) in [5.41, 5.74) is 0. The Bertz CT molecular complexity index is 296. The van der Waals surface area contributed by atoms with Gasteiger partial charge in [0.2, 0.25) is 11.8 Å². The van der Waals surface area contributed by atoms with Crippen LogP contribution in [0.5, 0.6) is 0 Å². The Morgan fingerprint density at radius 1 is 1.16 bits per heavy atom. The summed E-state index contributed by atoms with van der Waals surface area (Å²) in [6.07, 6.45) is 3.69. The van der Waals surface area contributed by atoms with Crippen LogP contribution in [0, 0.1) is 5.92 Å². The lowest BCUT2D eigenvalue weighted by Crippen LogP contribution is -2.39. The summed E-state index contributed by atoms with van der Waals surface area (Å²) < 4.78 is 0. The monoisotopic (exact) mass is 334 g/mol. The lowest BCUT2D eigenvalue weighted by atomic mass is 10.1. The van der Waals surface area contributed by atoms with Crippen molar-refractivity contribution in [1.82, 2.24) is 10.6 Å². The van der Waals surface area contributed by atoms with Gasteiger partial charge in [0.15, 0.2) is 0 Å². The first-order chi connectivity index (χ1) is 9.01. The van der Waals surface area contributed by atoms with E-state index in [0.29, 0.717) is 18.3 Å². The summed E-state index contributed by atoms with van der Waals surface area (Å²) in [6.45, 7) is 4.42. The third kappa shape index (κ3) is 9.64. The van der Waals surface area contributed by atoms with Crippen molar-refractivity contribution >= 4 is 34.0 Å². The molecule has 0 rings (SSSR count). The number of halogens is 1. The Kier molecular flexibility index (Phi) is 10.4. The zero-order valence-electron chi connectivity index (χ0n) is 11.6. The van der Waals surface area contributed by atoms with Crippen molar-refractivity contribution in [3.05, 3.63) is 0 Å². The molecule has 6 heteroatoms. The fourth-order valence-corrected chi connectivity index (χ4v) is 1.68. The Labute approximate surface area is 123 Å². The first kappa shape index (κ1) is 18.1. The topological polar surface area (TPSA) is 75.3 Å². The van der Waals surface area contributed by atoms with Crippen LogP contribution in [0.3, 0.4) is 0 Å². The maximum absolute atomic E-state index is 11.6. The largest absolute Gasteiger partial charge is 0.355 e. The highest BCUT2D eigenvalue weighted by atomic mass is 79.9. The van der Waals surface area contributed by atoms with Gasteiger partial charge in [-0.25, -0.2) is 0 Å². The number of aldehydes is 1. The maximum atomic E-state index is 11.6. The lowest BCUT2D eigenvalue weighted by molar-refractivity contribution is -0.124. The number of unbranched alkanes of at least 4 members (excludes halogenated alkanes) is 2. The van der Waals surface area contributed by atoms with E-state index in [1.54, 1.807) is 0 Å². The van der Waals surface area contributed by atoms with Gasteiger partial charge in [0.05, 0.1) is 11.4 Å². The summed E-state index contributed by atoms with van der Waals surface area (Å²) in [7, 11) is 0. The summed E-state index contributed by atoms with van der Waals surface area (Å²) in [6, 6.07) is -0.397. The van der Waals surface area contributed by atoms with Gasteiger partial charge in [-0.15, -0.1) is 0 Å². The molecule has 2 N–H and O–H groups in total. The SMILES string of the molecule is CC(C)C(C=O)NC(=O)CCCCCNC(=O)CBr. The predicted octanol–water partition coefficient (Wildman–Crippen LogP) is 1.40. The Morgan fingerprint density at radius 3 is 2.37 bits per heavy atom. The highest BCUT2D eigenvalue weighted by Crippen LogP contribution is 2.02. The number of rotatable bonds is 10. The molecular formula is C13H23BrN2O3. The van der Waals surface area contributed by atoms with Crippen LogP contribution >= 0.6 is 15.9 Å². The molecule has 0 aromatic rings. The zero-order valence-corrected chi connectivity index (χ0v) is 13.2. The third-order valence-electron chi connectivity index (χ3n) is 2.72. The van der Waals surface area contributed by atoms with E-state index in [9.17, 15) is 14.4 Å². The molecule has 2 amide bonds. The molecule has 0 fully saturated rings. The van der Waals surface area contributed by atoms with Crippen molar-refractivity contribution < 1.29 is 14.4 Å². The fraction of sp³-hybridized carbons (Fsp3) is 0.769. The molecule has 0 spiro atoms. The second-order valence-corrected chi connectivity index (χ2v) is 5.33. The van der Waals surface area contributed by atoms with E-state index in [1.807, 2.05) is 13.8 Å². The second-order valence-electron chi connectivity index (χ2n) is 4.77. The van der Waals surface area contributed by atoms with Gasteiger partial charge >= 0.3 is 0 Å². The summed E-state index contributed by atoms with van der Waals surface area (Å²) in [4.78, 5) is 33.2. The standard InChI is InChI=1S/C13H23BrN2O3/c1-10(2)11(9-17)16-12(18)6-4-3-5-7-15-13(19)8-14/h9-11H,3-8H2,1-2H3,(H,15,19)(H,16,18). The van der Waals surface area contributed by atoms with Gasteiger partial charge in [-0.1, -0.05) is 36.2 Å². The number of nitrogens with one attached hydrogen (secondary N) is 2. The molecule has 0 aliphatic rings. The van der Waals surface area contributed by atoms with Crippen molar-refractivity contribution in [1.29, 1.82) is 0 Å². The first-order valence-electron chi connectivity index (χ1n) is 6.58. The molecular weight excluding hydrogens is 312 g/mol. The average Bonchev–Trinajstić information content (AvgIpc) is 2.39. The van der Waals surface area contributed by atoms with Crippen molar-refractivity contribution in [2.45, 2.75) is 45.6 Å². The van der Waals surface area contributed by atoms with Gasteiger partial charge in [0.1, 0.15) is 6.29 Å². The highest BCUT2D eigenvalue weighted by molar-refractivity contribution is 9.09. The number of amides is 2. The maximum Gasteiger partial charge on any atom is 0.230 e. The van der Waals surface area contributed by atoms with E-state index < -0.39 is 6.04 Å². The van der Waals surface area contributed by atoms with Crippen LogP contribution in [-0.4, -0.2) is 36.0 Å². The molecule has 0 aromatic carbocycles. The Morgan fingerprint density at radius 2 is 1.84 bits per heavy atom. The lowest BCUT2D eigenvalue weighted by Gasteiger charge is -2.15. The zero-order chi connectivity index (χ0) is 14.7. The van der Waals surface area contributed by atoms with E-state index in [1.165, 1.54) is 0 Å². The van der Waals surface area contributed by atoms with E-state index >= 15 is 0 Å². The quantitative estimate of drug-likeness (QED) is 0.360. The third-order valence-corrected chi connectivity index (χ3v) is 3.23. The molecule has 5 nitrogen and oxygen atoms in total. The highest BCUT2D eigenvalue weighted by Gasteiger charge is 2.14. The number of hydrogen-bond donors (Lipinski definition) is 2. The Balaban J connectivity index is 3.58. The molecule has 0 saturated heterocycles. The minimum Gasteiger partial charge on any atom is -0.355 e. The van der Waals surface area contributed by atoms with Crippen LogP contribution < -0.4 is 10.6 Å². The molecule has 0 aromatic heterocycles. The minimum absolute atomic E-state index is 0.0245. The molecule has 0 heterocycles. The summed E-state index contributed by atoms with van der Waals surface area (Å²) >= 11 is 3.06. The fourth-order valence-electron chi connectivity index (χ4n) is 1.48. The van der Waals surface area contributed by atoms with Crippen LogP contribution in [0.1, 0.15) is 39.5 Å². The van der Waals surface area contributed by atoms with E-state index in [0.717, 1.165) is 25.5 Å². The normalized spacial score (nSPS) is 12.0. The Hall–Kier alpha value is -0.910. The van der Waals surface area contributed by atoms with Gasteiger partial charge in [-0.2, -0.15) is 0 Å². The van der Waals surface area contributed by atoms with E-state index in [4.69, 9.17) is 0 Å². The van der Waals surface area contributed by atoms with Crippen LogP contribution in [-0.2, 0) is 14.4 Å². The van der Waals surface area contributed by atoms with Crippen LogP contribution in [0.4, 0.5) is 0 Å².